The quantitative estimate of drug-likeness (QED) is 0.670. The third-order valence-electron chi connectivity index (χ3n) is 3.07. The van der Waals surface area contributed by atoms with E-state index in [-0.39, 0.29) is 11.4 Å². The highest BCUT2D eigenvalue weighted by Crippen LogP contribution is 2.26. The van der Waals surface area contributed by atoms with Crippen LogP contribution in [0.2, 0.25) is 0 Å². The fraction of sp³-hybridized carbons (Fsp3) is 0.200. The second kappa shape index (κ2) is 6.06. The summed E-state index contributed by atoms with van der Waals surface area (Å²) in [5.74, 6) is 0.761. The van der Waals surface area contributed by atoms with E-state index in [0.717, 1.165) is 0 Å². The van der Waals surface area contributed by atoms with Gasteiger partial charge in [-0.2, -0.15) is 0 Å². The number of nitrogens with zero attached hydrogens (tertiary/aromatic N) is 1. The minimum absolute atomic E-state index is 0.101. The Morgan fingerprint density at radius 2 is 1.95 bits per heavy atom. The summed E-state index contributed by atoms with van der Waals surface area (Å²) in [6, 6.07) is 11.6. The van der Waals surface area contributed by atoms with E-state index in [1.54, 1.807) is 43.3 Å². The summed E-state index contributed by atoms with van der Waals surface area (Å²) in [6.45, 7) is 2.07. The molecule has 0 bridgehead atoms. The lowest BCUT2D eigenvalue weighted by atomic mass is 10.1. The summed E-state index contributed by atoms with van der Waals surface area (Å²) in [4.78, 5) is 10.5. The molecule has 2 rings (SSSR count). The van der Waals surface area contributed by atoms with Crippen molar-refractivity contribution in [1.82, 2.24) is 0 Å². The van der Waals surface area contributed by atoms with Crippen molar-refractivity contribution in [3.63, 3.8) is 0 Å². The molecule has 0 heterocycles. The van der Waals surface area contributed by atoms with Crippen molar-refractivity contribution in [3.8, 4) is 11.5 Å². The lowest BCUT2D eigenvalue weighted by Gasteiger charge is -2.10. The van der Waals surface area contributed by atoms with Gasteiger partial charge in [0.15, 0.2) is 0 Å². The monoisotopic (exact) mass is 273 g/mol. The van der Waals surface area contributed by atoms with E-state index in [1.165, 1.54) is 6.07 Å². The molecular formula is C15H15NO4. The SMILES string of the molecule is Cc1c(O)cccc1OCCc1ccccc1[N+](=O)[O-]. The maximum absolute atomic E-state index is 10.9. The van der Waals surface area contributed by atoms with Crippen LogP contribution >= 0.6 is 0 Å². The highest BCUT2D eigenvalue weighted by molar-refractivity contribution is 5.43. The molecule has 0 radical (unpaired) electrons. The first-order valence-electron chi connectivity index (χ1n) is 6.23. The number of benzene rings is 2. The van der Waals surface area contributed by atoms with Gasteiger partial charge in [-0.15, -0.1) is 0 Å². The lowest BCUT2D eigenvalue weighted by molar-refractivity contribution is -0.385. The maximum atomic E-state index is 10.9. The number of nitro benzene ring substituents is 1. The summed E-state index contributed by atoms with van der Waals surface area (Å²) in [5.41, 5.74) is 1.40. The van der Waals surface area contributed by atoms with Crippen molar-refractivity contribution in [1.29, 1.82) is 0 Å². The van der Waals surface area contributed by atoms with Crippen LogP contribution in [0, 0.1) is 17.0 Å². The van der Waals surface area contributed by atoms with E-state index in [0.29, 0.717) is 29.9 Å². The van der Waals surface area contributed by atoms with Crippen LogP contribution < -0.4 is 4.74 Å². The summed E-state index contributed by atoms with van der Waals surface area (Å²) < 4.78 is 5.57. The fourth-order valence-electron chi connectivity index (χ4n) is 1.93. The molecule has 2 aromatic carbocycles. The Bertz CT molecular complexity index is 625. The predicted molar refractivity (Wildman–Crippen MR) is 75.1 cm³/mol. The average Bonchev–Trinajstić information content (AvgIpc) is 2.44. The van der Waals surface area contributed by atoms with Crippen molar-refractivity contribution in [2.24, 2.45) is 0 Å². The van der Waals surface area contributed by atoms with Crippen LogP contribution in [-0.2, 0) is 6.42 Å². The van der Waals surface area contributed by atoms with Crippen LogP contribution in [-0.4, -0.2) is 16.6 Å². The smallest absolute Gasteiger partial charge is 0.272 e. The Balaban J connectivity index is 2.03. The lowest BCUT2D eigenvalue weighted by Crippen LogP contribution is -2.04. The second-order valence-corrected chi connectivity index (χ2v) is 4.38. The minimum atomic E-state index is -0.394. The Hall–Kier alpha value is -2.56. The summed E-state index contributed by atoms with van der Waals surface area (Å²) in [5, 5.41) is 20.4. The topological polar surface area (TPSA) is 72.6 Å². The second-order valence-electron chi connectivity index (χ2n) is 4.38. The van der Waals surface area contributed by atoms with E-state index in [2.05, 4.69) is 0 Å². The highest BCUT2D eigenvalue weighted by Gasteiger charge is 2.12. The number of rotatable bonds is 5. The molecule has 5 heteroatoms. The standard InChI is InChI=1S/C15H15NO4/c1-11-14(17)7-4-8-15(11)20-10-9-12-5-2-3-6-13(12)16(18)19/h2-8,17H,9-10H2,1H3. The van der Waals surface area contributed by atoms with Gasteiger partial charge in [-0.25, -0.2) is 0 Å². The van der Waals surface area contributed by atoms with Crippen molar-refractivity contribution in [2.75, 3.05) is 6.61 Å². The number of nitro groups is 1. The van der Waals surface area contributed by atoms with Gasteiger partial charge in [-0.3, -0.25) is 10.1 Å². The third-order valence-corrected chi connectivity index (χ3v) is 3.07. The van der Waals surface area contributed by atoms with Gasteiger partial charge in [0, 0.05) is 23.6 Å². The zero-order chi connectivity index (χ0) is 14.5. The van der Waals surface area contributed by atoms with Gasteiger partial charge in [-0.1, -0.05) is 24.3 Å². The van der Waals surface area contributed by atoms with Crippen molar-refractivity contribution in [2.45, 2.75) is 13.3 Å². The molecule has 1 N–H and O–H groups in total. The van der Waals surface area contributed by atoms with E-state index in [9.17, 15) is 15.2 Å². The third kappa shape index (κ3) is 3.06. The van der Waals surface area contributed by atoms with Crippen molar-refractivity contribution >= 4 is 5.69 Å². The number of hydrogen-bond acceptors (Lipinski definition) is 4. The number of phenols is 1. The van der Waals surface area contributed by atoms with Gasteiger partial charge < -0.3 is 9.84 Å². The zero-order valence-electron chi connectivity index (χ0n) is 11.1. The number of para-hydroxylation sites is 1. The first-order chi connectivity index (χ1) is 9.59. The molecule has 0 unspecified atom stereocenters. The number of hydrogen-bond donors (Lipinski definition) is 1. The fourth-order valence-corrected chi connectivity index (χ4v) is 1.93. The molecule has 0 aromatic heterocycles. The summed E-state index contributed by atoms with van der Waals surface area (Å²) in [6.07, 6.45) is 0.437. The molecule has 0 aliphatic rings. The Morgan fingerprint density at radius 1 is 1.20 bits per heavy atom. The number of ether oxygens (including phenoxy) is 1. The molecule has 0 atom stereocenters. The van der Waals surface area contributed by atoms with Crippen molar-refractivity contribution in [3.05, 3.63) is 63.7 Å². The van der Waals surface area contributed by atoms with E-state index in [4.69, 9.17) is 4.74 Å². The minimum Gasteiger partial charge on any atom is -0.508 e. The van der Waals surface area contributed by atoms with Gasteiger partial charge in [0.1, 0.15) is 11.5 Å². The van der Waals surface area contributed by atoms with Gasteiger partial charge in [0.2, 0.25) is 0 Å². The van der Waals surface area contributed by atoms with Crippen molar-refractivity contribution < 1.29 is 14.8 Å². The van der Waals surface area contributed by atoms with E-state index in [1.807, 2.05) is 0 Å². The Morgan fingerprint density at radius 3 is 2.70 bits per heavy atom. The van der Waals surface area contributed by atoms with Crippen LogP contribution in [0.1, 0.15) is 11.1 Å². The van der Waals surface area contributed by atoms with Crippen LogP contribution in [0.4, 0.5) is 5.69 Å². The molecule has 0 aliphatic carbocycles. The molecule has 0 amide bonds. The average molecular weight is 273 g/mol. The highest BCUT2D eigenvalue weighted by atomic mass is 16.6. The molecule has 0 saturated heterocycles. The van der Waals surface area contributed by atoms with Gasteiger partial charge >= 0.3 is 0 Å². The van der Waals surface area contributed by atoms with E-state index < -0.39 is 4.92 Å². The molecule has 104 valence electrons. The molecule has 0 saturated carbocycles. The number of aromatic hydroxyl groups is 1. The molecule has 0 fully saturated rings. The first kappa shape index (κ1) is 13.9. The summed E-state index contributed by atoms with van der Waals surface area (Å²) >= 11 is 0. The van der Waals surface area contributed by atoms with Crippen LogP contribution in [0.5, 0.6) is 11.5 Å². The summed E-state index contributed by atoms with van der Waals surface area (Å²) in [7, 11) is 0. The predicted octanol–water partition coefficient (Wildman–Crippen LogP) is 3.23. The van der Waals surface area contributed by atoms with Crippen LogP contribution in [0.25, 0.3) is 0 Å². The van der Waals surface area contributed by atoms with Gasteiger partial charge in [-0.05, 0) is 19.1 Å². The number of phenolic OH excluding ortho intramolecular Hbond substituents is 1. The van der Waals surface area contributed by atoms with Crippen LogP contribution in [0.15, 0.2) is 42.5 Å². The normalized spacial score (nSPS) is 10.2. The molecule has 5 nitrogen and oxygen atoms in total. The first-order valence-corrected chi connectivity index (χ1v) is 6.23. The largest absolute Gasteiger partial charge is 0.508 e. The van der Waals surface area contributed by atoms with Crippen LogP contribution in [0.3, 0.4) is 0 Å². The van der Waals surface area contributed by atoms with Gasteiger partial charge in [0.05, 0.1) is 11.5 Å². The molecule has 0 aliphatic heterocycles. The molecule has 0 spiro atoms. The Labute approximate surface area is 116 Å². The van der Waals surface area contributed by atoms with Gasteiger partial charge in [0.25, 0.3) is 5.69 Å². The van der Waals surface area contributed by atoms with E-state index >= 15 is 0 Å². The molecule has 20 heavy (non-hydrogen) atoms. The molecular weight excluding hydrogens is 258 g/mol. The maximum Gasteiger partial charge on any atom is 0.272 e. The zero-order valence-corrected chi connectivity index (χ0v) is 11.1. The molecule has 2 aromatic rings. The Kier molecular flexibility index (Phi) is 4.20.